The van der Waals surface area contributed by atoms with Crippen LogP contribution in [0.4, 0.5) is 10.5 Å². The summed E-state index contributed by atoms with van der Waals surface area (Å²) in [5, 5.41) is 7.37. The molecule has 7 nitrogen and oxygen atoms in total. The molecule has 2 heterocycles. The molecule has 1 aromatic heterocycles. The number of carbonyl (C=O) groups is 1. The lowest BCUT2D eigenvalue weighted by atomic mass is 9.73. The molecular formula is C22H30N4O3. The smallest absolute Gasteiger partial charge is 0.321 e. The average molecular weight is 399 g/mol. The first-order valence-corrected chi connectivity index (χ1v) is 10.4. The van der Waals surface area contributed by atoms with Gasteiger partial charge in [-0.2, -0.15) is 4.98 Å². The number of aromatic nitrogens is 2. The highest BCUT2D eigenvalue weighted by Crippen LogP contribution is 2.46. The van der Waals surface area contributed by atoms with Crippen LogP contribution in [0.5, 0.6) is 0 Å². The lowest BCUT2D eigenvalue weighted by Crippen LogP contribution is -2.47. The van der Waals surface area contributed by atoms with E-state index in [1.165, 1.54) is 12.8 Å². The zero-order valence-electron chi connectivity index (χ0n) is 17.5. The molecule has 1 aliphatic carbocycles. The molecule has 29 heavy (non-hydrogen) atoms. The van der Waals surface area contributed by atoms with Crippen molar-refractivity contribution < 1.29 is 14.1 Å². The lowest BCUT2D eigenvalue weighted by Gasteiger charge is -2.40. The van der Waals surface area contributed by atoms with Crippen LogP contribution in [0.2, 0.25) is 0 Å². The first-order chi connectivity index (χ1) is 14.0. The minimum atomic E-state index is -0.104. The number of carbonyl (C=O) groups excluding carboxylic acids is 1. The number of anilines is 1. The topological polar surface area (TPSA) is 80.5 Å². The van der Waals surface area contributed by atoms with E-state index in [0.717, 1.165) is 47.8 Å². The first-order valence-electron chi connectivity index (χ1n) is 10.4. The van der Waals surface area contributed by atoms with Crippen molar-refractivity contribution in [1.82, 2.24) is 15.0 Å². The van der Waals surface area contributed by atoms with Gasteiger partial charge in [0.05, 0.1) is 0 Å². The van der Waals surface area contributed by atoms with E-state index >= 15 is 0 Å². The predicted molar refractivity (Wildman–Crippen MR) is 110 cm³/mol. The summed E-state index contributed by atoms with van der Waals surface area (Å²) < 4.78 is 10.5. The van der Waals surface area contributed by atoms with E-state index in [9.17, 15) is 4.79 Å². The summed E-state index contributed by atoms with van der Waals surface area (Å²) in [7, 11) is 1.62. The van der Waals surface area contributed by atoms with Crippen molar-refractivity contribution in [2.45, 2.75) is 58.0 Å². The summed E-state index contributed by atoms with van der Waals surface area (Å²) in [6, 6.07) is 6.08. The molecule has 4 rings (SSSR count). The molecule has 2 aromatic rings. The van der Waals surface area contributed by atoms with Crippen molar-refractivity contribution in [2.75, 3.05) is 25.5 Å². The molecule has 2 amide bonds. The van der Waals surface area contributed by atoms with Gasteiger partial charge in [0.1, 0.15) is 6.61 Å². The van der Waals surface area contributed by atoms with Crippen LogP contribution in [-0.4, -0.2) is 41.3 Å². The fraction of sp³-hybridized carbons (Fsp3) is 0.591. The highest BCUT2D eigenvalue weighted by molar-refractivity contribution is 5.90. The van der Waals surface area contributed by atoms with Gasteiger partial charge < -0.3 is 19.5 Å². The Hall–Kier alpha value is -2.41. The Morgan fingerprint density at radius 3 is 2.76 bits per heavy atom. The van der Waals surface area contributed by atoms with Crippen molar-refractivity contribution in [2.24, 2.45) is 5.92 Å². The zero-order valence-corrected chi connectivity index (χ0v) is 17.5. The predicted octanol–water partition coefficient (Wildman–Crippen LogP) is 4.20. The summed E-state index contributed by atoms with van der Waals surface area (Å²) in [5.74, 6) is 2.05. The molecule has 0 spiro atoms. The van der Waals surface area contributed by atoms with Crippen molar-refractivity contribution in [3.8, 4) is 0 Å². The van der Waals surface area contributed by atoms with Crippen LogP contribution in [0.3, 0.4) is 0 Å². The van der Waals surface area contributed by atoms with Crippen LogP contribution < -0.4 is 5.32 Å². The molecule has 2 aliphatic rings. The summed E-state index contributed by atoms with van der Waals surface area (Å²) in [5.41, 5.74) is 2.98. The third-order valence-electron chi connectivity index (χ3n) is 6.23. The molecule has 1 saturated heterocycles. The van der Waals surface area contributed by atoms with Crippen molar-refractivity contribution >= 4 is 11.7 Å². The molecular weight excluding hydrogens is 368 g/mol. The SMILES string of the molecule is COCc1nc(C2(CC3CC3)CCN(C(=O)Nc3cc(C)ccc3C)CC2)no1. The third kappa shape index (κ3) is 4.45. The summed E-state index contributed by atoms with van der Waals surface area (Å²) >= 11 is 0. The molecule has 2 fully saturated rings. The third-order valence-corrected chi connectivity index (χ3v) is 6.23. The molecule has 1 aromatic carbocycles. The van der Waals surface area contributed by atoms with Crippen LogP contribution in [0, 0.1) is 19.8 Å². The van der Waals surface area contributed by atoms with Crippen LogP contribution >= 0.6 is 0 Å². The van der Waals surface area contributed by atoms with Gasteiger partial charge in [0, 0.05) is 31.3 Å². The maximum Gasteiger partial charge on any atom is 0.321 e. The Labute approximate surface area is 171 Å². The number of aryl methyl sites for hydroxylation is 2. The van der Waals surface area contributed by atoms with Gasteiger partial charge in [0.25, 0.3) is 5.89 Å². The Bertz CT molecular complexity index is 867. The largest absolute Gasteiger partial charge is 0.375 e. The normalized spacial score (nSPS) is 18.7. The molecule has 0 radical (unpaired) electrons. The second-order valence-corrected chi connectivity index (χ2v) is 8.61. The second-order valence-electron chi connectivity index (χ2n) is 8.61. The fourth-order valence-electron chi connectivity index (χ4n) is 4.25. The van der Waals surface area contributed by atoms with E-state index in [0.29, 0.717) is 25.6 Å². The number of amides is 2. The summed E-state index contributed by atoms with van der Waals surface area (Å²) in [4.78, 5) is 19.4. The summed E-state index contributed by atoms with van der Waals surface area (Å²) in [6.07, 6.45) is 5.35. The monoisotopic (exact) mass is 398 g/mol. The number of hydrogen-bond acceptors (Lipinski definition) is 5. The number of methoxy groups -OCH3 is 1. The molecule has 7 heteroatoms. The van der Waals surface area contributed by atoms with E-state index < -0.39 is 0 Å². The van der Waals surface area contributed by atoms with E-state index in [1.54, 1.807) is 7.11 Å². The Morgan fingerprint density at radius 2 is 2.07 bits per heavy atom. The Balaban J connectivity index is 1.44. The number of nitrogens with one attached hydrogen (secondary N) is 1. The fourth-order valence-corrected chi connectivity index (χ4v) is 4.25. The number of piperidine rings is 1. The van der Waals surface area contributed by atoms with Crippen LogP contribution in [0.1, 0.15) is 54.9 Å². The van der Waals surface area contributed by atoms with E-state index in [4.69, 9.17) is 9.26 Å². The first kappa shape index (κ1) is 19.9. The number of ether oxygens (including phenoxy) is 1. The van der Waals surface area contributed by atoms with Crippen molar-refractivity contribution in [3.05, 3.63) is 41.0 Å². The van der Waals surface area contributed by atoms with E-state index in [-0.39, 0.29) is 11.4 Å². The van der Waals surface area contributed by atoms with Gasteiger partial charge >= 0.3 is 6.03 Å². The average Bonchev–Trinajstić information content (AvgIpc) is 3.39. The molecule has 0 bridgehead atoms. The second kappa shape index (κ2) is 8.14. The van der Waals surface area contributed by atoms with Crippen LogP contribution in [-0.2, 0) is 16.8 Å². The Kier molecular flexibility index (Phi) is 5.58. The molecule has 1 aliphatic heterocycles. The minimum absolute atomic E-state index is 0.0353. The number of likely N-dealkylation sites (tertiary alicyclic amines) is 1. The zero-order chi connectivity index (χ0) is 20.4. The van der Waals surface area contributed by atoms with Gasteiger partial charge in [-0.15, -0.1) is 0 Å². The maximum absolute atomic E-state index is 12.9. The number of urea groups is 1. The van der Waals surface area contributed by atoms with Gasteiger partial charge in [-0.05, 0) is 56.2 Å². The van der Waals surface area contributed by atoms with Gasteiger partial charge in [-0.25, -0.2) is 4.79 Å². The molecule has 1 saturated carbocycles. The highest BCUT2D eigenvalue weighted by Gasteiger charge is 2.44. The van der Waals surface area contributed by atoms with Crippen LogP contribution in [0.15, 0.2) is 22.7 Å². The number of hydrogen-bond donors (Lipinski definition) is 1. The number of nitrogens with zero attached hydrogens (tertiary/aromatic N) is 3. The number of benzene rings is 1. The molecule has 156 valence electrons. The summed E-state index contributed by atoms with van der Waals surface area (Å²) in [6.45, 7) is 5.76. The van der Waals surface area contributed by atoms with Gasteiger partial charge in [-0.3, -0.25) is 0 Å². The molecule has 1 N–H and O–H groups in total. The standard InChI is InChI=1S/C22H30N4O3/c1-15-4-5-16(2)18(12-15)23-21(27)26-10-8-22(9-11-26,13-17-6-7-17)20-24-19(14-28-3)29-25-20/h4-5,12,17H,6-11,13-14H2,1-3H3,(H,23,27). The minimum Gasteiger partial charge on any atom is -0.375 e. The molecule has 0 atom stereocenters. The lowest BCUT2D eigenvalue weighted by molar-refractivity contribution is 0.148. The van der Waals surface area contributed by atoms with E-state index in [1.807, 2.05) is 30.9 Å². The van der Waals surface area contributed by atoms with Gasteiger partial charge in [0.15, 0.2) is 5.82 Å². The van der Waals surface area contributed by atoms with Gasteiger partial charge in [-0.1, -0.05) is 30.1 Å². The van der Waals surface area contributed by atoms with E-state index in [2.05, 4.69) is 21.5 Å². The number of rotatable bonds is 6. The highest BCUT2D eigenvalue weighted by atomic mass is 16.5. The van der Waals surface area contributed by atoms with Crippen molar-refractivity contribution in [3.63, 3.8) is 0 Å². The molecule has 0 unspecified atom stereocenters. The maximum atomic E-state index is 12.9. The van der Waals surface area contributed by atoms with Gasteiger partial charge in [0.2, 0.25) is 0 Å². The Morgan fingerprint density at radius 1 is 1.31 bits per heavy atom. The quantitative estimate of drug-likeness (QED) is 0.789. The van der Waals surface area contributed by atoms with Crippen molar-refractivity contribution in [1.29, 1.82) is 0 Å². The van der Waals surface area contributed by atoms with Crippen LogP contribution in [0.25, 0.3) is 0 Å².